The summed E-state index contributed by atoms with van der Waals surface area (Å²) in [5, 5.41) is 10.9. The van der Waals surface area contributed by atoms with Gasteiger partial charge in [0.25, 0.3) is 5.69 Å². The van der Waals surface area contributed by atoms with Crippen LogP contribution in [-0.2, 0) is 19.1 Å². The zero-order valence-corrected chi connectivity index (χ0v) is 11.0. The van der Waals surface area contributed by atoms with Crippen LogP contribution in [0.3, 0.4) is 0 Å². The number of hydrogen-bond donors (Lipinski definition) is 0. The standard InChI is InChI=1S/C13H13NO6/c1-9(15)20-8-11(13(16)19-2)7-10-5-3-4-6-12(10)14(17)18/h3-7H,8H2,1-2H3/b11-7+. The van der Waals surface area contributed by atoms with Gasteiger partial charge in [0.2, 0.25) is 0 Å². The fourth-order valence-electron chi connectivity index (χ4n) is 1.43. The molecule has 0 N–H and O–H groups in total. The summed E-state index contributed by atoms with van der Waals surface area (Å²) in [6.07, 6.45) is 1.27. The van der Waals surface area contributed by atoms with Gasteiger partial charge in [0.15, 0.2) is 0 Å². The van der Waals surface area contributed by atoms with Crippen molar-refractivity contribution in [3.63, 3.8) is 0 Å². The van der Waals surface area contributed by atoms with E-state index in [0.717, 1.165) is 0 Å². The van der Waals surface area contributed by atoms with Gasteiger partial charge in [0, 0.05) is 13.0 Å². The minimum Gasteiger partial charge on any atom is -0.466 e. The molecule has 0 aliphatic rings. The molecule has 0 aliphatic carbocycles. The normalized spacial score (nSPS) is 10.8. The van der Waals surface area contributed by atoms with Crippen LogP contribution >= 0.6 is 0 Å². The van der Waals surface area contributed by atoms with E-state index in [1.165, 1.54) is 38.3 Å². The van der Waals surface area contributed by atoms with E-state index in [1.54, 1.807) is 6.07 Å². The molecule has 0 atom stereocenters. The van der Waals surface area contributed by atoms with Crippen molar-refractivity contribution in [3.05, 3.63) is 45.5 Å². The zero-order chi connectivity index (χ0) is 15.1. The van der Waals surface area contributed by atoms with Gasteiger partial charge >= 0.3 is 11.9 Å². The van der Waals surface area contributed by atoms with E-state index < -0.39 is 16.9 Å². The fourth-order valence-corrected chi connectivity index (χ4v) is 1.43. The van der Waals surface area contributed by atoms with Crippen LogP contribution in [0.5, 0.6) is 0 Å². The first-order chi connectivity index (χ1) is 9.45. The number of esters is 2. The molecule has 7 nitrogen and oxygen atoms in total. The van der Waals surface area contributed by atoms with Crippen LogP contribution in [0.25, 0.3) is 6.08 Å². The van der Waals surface area contributed by atoms with Crippen molar-refractivity contribution in [3.8, 4) is 0 Å². The molecule has 0 aromatic heterocycles. The maximum absolute atomic E-state index is 11.6. The van der Waals surface area contributed by atoms with Crippen molar-refractivity contribution in [2.24, 2.45) is 0 Å². The SMILES string of the molecule is COC(=O)/C(=C/c1ccccc1[N+](=O)[O-])COC(C)=O. The number of ether oxygens (including phenoxy) is 2. The molecule has 0 saturated heterocycles. The molecular formula is C13H13NO6. The van der Waals surface area contributed by atoms with Gasteiger partial charge in [-0.05, 0) is 12.1 Å². The van der Waals surface area contributed by atoms with Crippen LogP contribution in [0.4, 0.5) is 5.69 Å². The van der Waals surface area contributed by atoms with Crippen LogP contribution in [-0.4, -0.2) is 30.6 Å². The molecule has 106 valence electrons. The van der Waals surface area contributed by atoms with E-state index >= 15 is 0 Å². The highest BCUT2D eigenvalue weighted by Crippen LogP contribution is 2.21. The highest BCUT2D eigenvalue weighted by atomic mass is 16.6. The number of carbonyl (C=O) groups excluding carboxylic acids is 2. The highest BCUT2D eigenvalue weighted by molar-refractivity contribution is 5.94. The first-order valence-corrected chi connectivity index (χ1v) is 5.61. The van der Waals surface area contributed by atoms with Crippen LogP contribution < -0.4 is 0 Å². The summed E-state index contributed by atoms with van der Waals surface area (Å²) in [6.45, 7) is 0.883. The fraction of sp³-hybridized carbons (Fsp3) is 0.231. The summed E-state index contributed by atoms with van der Waals surface area (Å²) in [5.74, 6) is -1.29. The van der Waals surface area contributed by atoms with Crippen molar-refractivity contribution in [1.82, 2.24) is 0 Å². The second-order valence-corrected chi connectivity index (χ2v) is 3.76. The van der Waals surface area contributed by atoms with E-state index in [2.05, 4.69) is 4.74 Å². The Morgan fingerprint density at radius 2 is 2.00 bits per heavy atom. The lowest BCUT2D eigenvalue weighted by Gasteiger charge is -2.06. The van der Waals surface area contributed by atoms with E-state index in [1.807, 2.05) is 0 Å². The van der Waals surface area contributed by atoms with Crippen molar-refractivity contribution in [2.75, 3.05) is 13.7 Å². The highest BCUT2D eigenvalue weighted by Gasteiger charge is 2.16. The number of nitro benzene ring substituents is 1. The minimum atomic E-state index is -0.718. The molecule has 0 amide bonds. The van der Waals surface area contributed by atoms with Gasteiger partial charge < -0.3 is 9.47 Å². The second kappa shape index (κ2) is 7.03. The van der Waals surface area contributed by atoms with Crippen LogP contribution in [0.1, 0.15) is 12.5 Å². The first kappa shape index (κ1) is 15.4. The third-order valence-electron chi connectivity index (χ3n) is 2.34. The molecule has 1 rings (SSSR count). The minimum absolute atomic E-state index is 0.0111. The summed E-state index contributed by atoms with van der Waals surface area (Å²) < 4.78 is 9.27. The molecule has 0 fully saturated rings. The zero-order valence-electron chi connectivity index (χ0n) is 11.0. The van der Waals surface area contributed by atoms with Crippen molar-refractivity contribution >= 4 is 23.7 Å². The number of para-hydroxylation sites is 1. The molecule has 0 heterocycles. The summed E-state index contributed by atoms with van der Waals surface area (Å²) in [4.78, 5) is 32.7. The smallest absolute Gasteiger partial charge is 0.337 e. The van der Waals surface area contributed by atoms with Crippen molar-refractivity contribution < 1.29 is 24.0 Å². The van der Waals surface area contributed by atoms with E-state index in [0.29, 0.717) is 0 Å². The molecule has 0 radical (unpaired) electrons. The van der Waals surface area contributed by atoms with Gasteiger partial charge in [-0.1, -0.05) is 12.1 Å². The maximum atomic E-state index is 11.6. The number of benzene rings is 1. The Morgan fingerprint density at radius 1 is 1.35 bits per heavy atom. The van der Waals surface area contributed by atoms with Crippen LogP contribution in [0.15, 0.2) is 29.8 Å². The average molecular weight is 279 g/mol. The summed E-state index contributed by atoms with van der Waals surface area (Å²) in [6, 6.07) is 5.90. The lowest BCUT2D eigenvalue weighted by atomic mass is 10.1. The second-order valence-electron chi connectivity index (χ2n) is 3.76. The summed E-state index contributed by atoms with van der Waals surface area (Å²) in [5.41, 5.74) is 0.0822. The molecule has 0 unspecified atom stereocenters. The lowest BCUT2D eigenvalue weighted by Crippen LogP contribution is -2.13. The molecule has 0 spiro atoms. The number of hydrogen-bond acceptors (Lipinski definition) is 6. The Morgan fingerprint density at radius 3 is 2.55 bits per heavy atom. The first-order valence-electron chi connectivity index (χ1n) is 5.61. The third kappa shape index (κ3) is 4.20. The Balaban J connectivity index is 3.15. The molecular weight excluding hydrogens is 266 g/mol. The number of carbonyl (C=O) groups is 2. The molecule has 20 heavy (non-hydrogen) atoms. The van der Waals surface area contributed by atoms with Gasteiger partial charge in [0.1, 0.15) is 6.61 Å². The largest absolute Gasteiger partial charge is 0.466 e. The quantitative estimate of drug-likeness (QED) is 0.352. The number of methoxy groups -OCH3 is 1. The predicted octanol–water partition coefficient (Wildman–Crippen LogP) is 1.71. The number of nitro groups is 1. The van der Waals surface area contributed by atoms with Gasteiger partial charge in [0.05, 0.1) is 23.2 Å². The Kier molecular flexibility index (Phi) is 5.40. The van der Waals surface area contributed by atoms with Crippen LogP contribution in [0, 0.1) is 10.1 Å². The van der Waals surface area contributed by atoms with Crippen molar-refractivity contribution in [1.29, 1.82) is 0 Å². The predicted molar refractivity (Wildman–Crippen MR) is 69.7 cm³/mol. The average Bonchev–Trinajstić information content (AvgIpc) is 2.42. The Labute approximate surface area is 114 Å². The van der Waals surface area contributed by atoms with Gasteiger partial charge in [-0.2, -0.15) is 0 Å². The topological polar surface area (TPSA) is 95.7 Å². The molecule has 0 bridgehead atoms. The molecule has 1 aromatic rings. The van der Waals surface area contributed by atoms with E-state index in [-0.39, 0.29) is 23.4 Å². The molecule has 0 saturated carbocycles. The monoisotopic (exact) mass is 279 g/mol. The van der Waals surface area contributed by atoms with Crippen LogP contribution in [0.2, 0.25) is 0 Å². The summed E-state index contributed by atoms with van der Waals surface area (Å²) >= 11 is 0. The van der Waals surface area contributed by atoms with E-state index in [4.69, 9.17) is 4.74 Å². The molecule has 1 aromatic carbocycles. The molecule has 7 heteroatoms. The van der Waals surface area contributed by atoms with Gasteiger partial charge in [-0.15, -0.1) is 0 Å². The Bertz CT molecular complexity index is 564. The third-order valence-corrected chi connectivity index (χ3v) is 2.34. The Hall–Kier alpha value is -2.70. The van der Waals surface area contributed by atoms with Gasteiger partial charge in [-0.3, -0.25) is 14.9 Å². The van der Waals surface area contributed by atoms with E-state index in [9.17, 15) is 19.7 Å². The van der Waals surface area contributed by atoms with Gasteiger partial charge in [-0.25, -0.2) is 4.79 Å². The lowest BCUT2D eigenvalue weighted by molar-refractivity contribution is -0.385. The maximum Gasteiger partial charge on any atom is 0.337 e. The number of nitrogens with zero attached hydrogens (tertiary/aromatic N) is 1. The number of rotatable bonds is 5. The molecule has 0 aliphatic heterocycles. The summed E-state index contributed by atoms with van der Waals surface area (Å²) in [7, 11) is 1.17. The van der Waals surface area contributed by atoms with Crippen molar-refractivity contribution in [2.45, 2.75) is 6.92 Å².